The van der Waals surface area contributed by atoms with Crippen molar-refractivity contribution >= 4 is 23.3 Å². The highest BCUT2D eigenvalue weighted by molar-refractivity contribution is 6.30. The van der Waals surface area contributed by atoms with Gasteiger partial charge in [-0.1, -0.05) is 29.8 Å². The molecule has 4 rings (SSSR count). The quantitative estimate of drug-likeness (QED) is 0.437. The van der Waals surface area contributed by atoms with Crippen molar-refractivity contribution in [1.29, 1.82) is 0 Å². The summed E-state index contributed by atoms with van der Waals surface area (Å²) in [5.74, 6) is 1.13. The number of aryl methyl sites for hydroxylation is 1. The van der Waals surface area contributed by atoms with Crippen molar-refractivity contribution in [2.75, 3.05) is 25.0 Å². The SMILES string of the molecule is Cc1ccc(NC2CCNCC2)nc1-n1cnc(C(=O)NC(CO)c2cccc(Cl)c2)c1. The summed E-state index contributed by atoms with van der Waals surface area (Å²) in [6, 6.07) is 10.8. The van der Waals surface area contributed by atoms with Crippen molar-refractivity contribution in [3.05, 3.63) is 70.8 Å². The zero-order valence-electron chi connectivity index (χ0n) is 17.9. The summed E-state index contributed by atoms with van der Waals surface area (Å²) in [5, 5.41) is 20.0. The molecule has 1 aromatic carbocycles. The molecule has 1 aliphatic rings. The van der Waals surface area contributed by atoms with E-state index in [9.17, 15) is 9.90 Å². The van der Waals surface area contributed by atoms with Crippen LogP contribution in [0.15, 0.2) is 48.9 Å². The number of aromatic nitrogens is 3. The molecular weight excluding hydrogens is 428 g/mol. The number of nitrogens with zero attached hydrogens (tertiary/aromatic N) is 3. The smallest absolute Gasteiger partial charge is 0.272 e. The number of amides is 1. The minimum atomic E-state index is -0.580. The number of hydrogen-bond donors (Lipinski definition) is 4. The number of nitrogens with one attached hydrogen (secondary N) is 3. The number of carbonyl (C=O) groups excluding carboxylic acids is 1. The van der Waals surface area contributed by atoms with Gasteiger partial charge < -0.3 is 21.1 Å². The number of halogens is 1. The summed E-state index contributed by atoms with van der Waals surface area (Å²) < 4.78 is 1.74. The van der Waals surface area contributed by atoms with Crippen LogP contribution in [-0.2, 0) is 0 Å². The lowest BCUT2D eigenvalue weighted by molar-refractivity contribution is 0.0911. The van der Waals surface area contributed by atoms with Crippen LogP contribution in [-0.4, -0.2) is 51.3 Å². The van der Waals surface area contributed by atoms with Gasteiger partial charge in [0.1, 0.15) is 23.7 Å². The van der Waals surface area contributed by atoms with Gasteiger partial charge in [0.2, 0.25) is 0 Å². The lowest BCUT2D eigenvalue weighted by atomic mass is 10.1. The maximum atomic E-state index is 12.8. The fraction of sp³-hybridized carbons (Fsp3) is 0.348. The molecule has 32 heavy (non-hydrogen) atoms. The van der Waals surface area contributed by atoms with Gasteiger partial charge in [-0.25, -0.2) is 9.97 Å². The number of aliphatic hydroxyl groups excluding tert-OH is 1. The van der Waals surface area contributed by atoms with Crippen LogP contribution in [0.2, 0.25) is 5.02 Å². The van der Waals surface area contributed by atoms with Crippen LogP contribution in [0.1, 0.15) is 40.5 Å². The Morgan fingerprint density at radius 2 is 2.12 bits per heavy atom. The number of piperidine rings is 1. The Morgan fingerprint density at radius 1 is 1.31 bits per heavy atom. The topological polar surface area (TPSA) is 104 Å². The Labute approximate surface area is 192 Å². The fourth-order valence-corrected chi connectivity index (χ4v) is 3.98. The van der Waals surface area contributed by atoms with Crippen LogP contribution in [0.25, 0.3) is 5.82 Å². The van der Waals surface area contributed by atoms with E-state index >= 15 is 0 Å². The maximum Gasteiger partial charge on any atom is 0.272 e. The Bertz CT molecular complexity index is 1080. The molecule has 1 unspecified atom stereocenters. The molecule has 1 saturated heterocycles. The van der Waals surface area contributed by atoms with E-state index in [1.165, 1.54) is 0 Å². The lowest BCUT2D eigenvalue weighted by Crippen LogP contribution is -2.35. The third-order valence-electron chi connectivity index (χ3n) is 5.56. The normalized spacial score (nSPS) is 15.3. The number of hydrogen-bond acceptors (Lipinski definition) is 6. The molecule has 1 fully saturated rings. The average molecular weight is 455 g/mol. The van der Waals surface area contributed by atoms with Crippen LogP contribution in [0.5, 0.6) is 0 Å². The number of pyridine rings is 1. The molecule has 4 N–H and O–H groups in total. The monoisotopic (exact) mass is 454 g/mol. The summed E-state index contributed by atoms with van der Waals surface area (Å²) in [6.07, 6.45) is 5.33. The second-order valence-corrected chi connectivity index (χ2v) is 8.37. The van der Waals surface area contributed by atoms with Gasteiger partial charge in [-0.2, -0.15) is 0 Å². The molecule has 9 heteroatoms. The second-order valence-electron chi connectivity index (χ2n) is 7.94. The second kappa shape index (κ2) is 10.1. The molecule has 168 valence electrons. The molecule has 0 bridgehead atoms. The minimum Gasteiger partial charge on any atom is -0.394 e. The molecule has 1 aliphatic heterocycles. The highest BCUT2D eigenvalue weighted by atomic mass is 35.5. The fourth-order valence-electron chi connectivity index (χ4n) is 3.78. The highest BCUT2D eigenvalue weighted by Crippen LogP contribution is 2.20. The van der Waals surface area contributed by atoms with E-state index in [-0.39, 0.29) is 18.2 Å². The molecule has 0 spiro atoms. The molecule has 8 nitrogen and oxygen atoms in total. The molecule has 1 atom stereocenters. The van der Waals surface area contributed by atoms with E-state index in [0.29, 0.717) is 16.9 Å². The molecule has 3 heterocycles. The van der Waals surface area contributed by atoms with Crippen LogP contribution < -0.4 is 16.0 Å². The van der Waals surface area contributed by atoms with E-state index in [4.69, 9.17) is 16.6 Å². The minimum absolute atomic E-state index is 0.239. The zero-order chi connectivity index (χ0) is 22.5. The number of carbonyl (C=O) groups is 1. The molecule has 0 saturated carbocycles. The number of aliphatic hydroxyl groups is 1. The van der Waals surface area contributed by atoms with Crippen molar-refractivity contribution in [3.63, 3.8) is 0 Å². The Hall–Kier alpha value is -2.94. The van der Waals surface area contributed by atoms with Crippen molar-refractivity contribution in [2.24, 2.45) is 0 Å². The van der Waals surface area contributed by atoms with Gasteiger partial charge in [-0.3, -0.25) is 9.36 Å². The van der Waals surface area contributed by atoms with E-state index < -0.39 is 6.04 Å². The first-order valence-electron chi connectivity index (χ1n) is 10.7. The van der Waals surface area contributed by atoms with Gasteiger partial charge in [0.15, 0.2) is 0 Å². The largest absolute Gasteiger partial charge is 0.394 e. The van der Waals surface area contributed by atoms with Gasteiger partial charge >= 0.3 is 0 Å². The number of imidazole rings is 1. The van der Waals surface area contributed by atoms with Gasteiger partial charge in [0.25, 0.3) is 5.91 Å². The van der Waals surface area contributed by atoms with Gasteiger partial charge in [-0.15, -0.1) is 0 Å². The van der Waals surface area contributed by atoms with E-state index in [2.05, 4.69) is 20.9 Å². The van der Waals surface area contributed by atoms with Crippen LogP contribution in [0.3, 0.4) is 0 Å². The van der Waals surface area contributed by atoms with Gasteiger partial charge in [0.05, 0.1) is 12.6 Å². The van der Waals surface area contributed by atoms with E-state index in [1.807, 2.05) is 19.1 Å². The third kappa shape index (κ3) is 5.27. The highest BCUT2D eigenvalue weighted by Gasteiger charge is 2.19. The molecule has 3 aromatic rings. The predicted molar refractivity (Wildman–Crippen MR) is 124 cm³/mol. The van der Waals surface area contributed by atoms with Gasteiger partial charge in [0, 0.05) is 17.3 Å². The summed E-state index contributed by atoms with van der Waals surface area (Å²) in [6.45, 7) is 3.72. The molecule has 2 aromatic heterocycles. The lowest BCUT2D eigenvalue weighted by Gasteiger charge is -2.24. The van der Waals surface area contributed by atoms with Crippen LogP contribution in [0, 0.1) is 6.92 Å². The van der Waals surface area contributed by atoms with Crippen molar-refractivity contribution < 1.29 is 9.90 Å². The van der Waals surface area contributed by atoms with E-state index in [0.717, 1.165) is 42.9 Å². The van der Waals surface area contributed by atoms with Gasteiger partial charge in [-0.05, 0) is 62.2 Å². The predicted octanol–water partition coefficient (Wildman–Crippen LogP) is 2.86. The standard InChI is InChI=1S/C23H27ClN6O2/c1-15-5-6-21(27-18-7-9-25-10-8-18)29-22(15)30-12-19(26-14-30)23(32)28-20(13-31)16-3-2-4-17(24)11-16/h2-6,11-12,14,18,20,25,31H,7-10,13H2,1H3,(H,27,29)(H,28,32). The third-order valence-corrected chi connectivity index (χ3v) is 5.80. The maximum absolute atomic E-state index is 12.8. The van der Waals surface area contributed by atoms with Crippen molar-refractivity contribution in [3.8, 4) is 5.82 Å². The molecule has 1 amide bonds. The summed E-state index contributed by atoms with van der Waals surface area (Å²) in [4.78, 5) is 21.8. The molecule has 0 aliphatic carbocycles. The summed E-state index contributed by atoms with van der Waals surface area (Å²) in [7, 11) is 0. The number of rotatable bonds is 7. The van der Waals surface area contributed by atoms with E-state index in [1.54, 1.807) is 41.4 Å². The number of anilines is 1. The molecule has 0 radical (unpaired) electrons. The Morgan fingerprint density at radius 3 is 2.88 bits per heavy atom. The summed E-state index contributed by atoms with van der Waals surface area (Å²) in [5.41, 5.74) is 1.93. The van der Waals surface area contributed by atoms with Crippen molar-refractivity contribution in [2.45, 2.75) is 31.8 Å². The van der Waals surface area contributed by atoms with Crippen molar-refractivity contribution in [1.82, 2.24) is 25.2 Å². The average Bonchev–Trinajstić information content (AvgIpc) is 3.29. The van der Waals surface area contributed by atoms with Crippen LogP contribution in [0.4, 0.5) is 5.82 Å². The first-order chi connectivity index (χ1) is 15.5. The molecular formula is C23H27ClN6O2. The Balaban J connectivity index is 1.49. The first kappa shape index (κ1) is 22.3. The zero-order valence-corrected chi connectivity index (χ0v) is 18.6. The first-order valence-corrected chi connectivity index (χ1v) is 11.1. The van der Waals surface area contributed by atoms with Crippen LogP contribution >= 0.6 is 11.6 Å². The Kier molecular flexibility index (Phi) is 7.04. The summed E-state index contributed by atoms with van der Waals surface area (Å²) >= 11 is 6.03. The number of benzene rings is 1.